The zero-order valence-corrected chi connectivity index (χ0v) is 11.0. The third kappa shape index (κ3) is 1.71. The van der Waals surface area contributed by atoms with Crippen LogP contribution in [0, 0.1) is 0 Å². The van der Waals surface area contributed by atoms with Gasteiger partial charge in [-0.15, -0.1) is 0 Å². The van der Waals surface area contributed by atoms with Gasteiger partial charge in [0.15, 0.2) is 0 Å². The number of rotatable bonds is 1. The minimum atomic E-state index is -0.0227. The molecule has 1 saturated heterocycles. The number of hydrogen-bond acceptors (Lipinski definition) is 4. The first-order chi connectivity index (χ1) is 8.54. The van der Waals surface area contributed by atoms with Gasteiger partial charge in [0.2, 0.25) is 11.9 Å². The number of anilines is 1. The van der Waals surface area contributed by atoms with Crippen LogP contribution in [-0.4, -0.2) is 37.4 Å². The molecule has 1 amide bonds. The van der Waals surface area contributed by atoms with Crippen molar-refractivity contribution in [1.29, 1.82) is 0 Å². The number of guanidine groups is 1. The Labute approximate surface area is 110 Å². The molecule has 18 heavy (non-hydrogen) atoms. The molecule has 0 aliphatic carbocycles. The molecule has 6 heteroatoms. The maximum Gasteiger partial charge on any atom is 0.246 e. The summed E-state index contributed by atoms with van der Waals surface area (Å²) in [6.07, 6.45) is 0. The van der Waals surface area contributed by atoms with Crippen molar-refractivity contribution in [2.75, 3.05) is 25.5 Å². The quantitative estimate of drug-likeness (QED) is 0.833. The highest BCUT2D eigenvalue weighted by atomic mass is 35.5. The van der Waals surface area contributed by atoms with Gasteiger partial charge in [-0.1, -0.05) is 11.6 Å². The van der Waals surface area contributed by atoms with Gasteiger partial charge in [-0.05, 0) is 12.1 Å². The Balaban J connectivity index is 2.08. The van der Waals surface area contributed by atoms with E-state index in [2.05, 4.69) is 10.3 Å². The summed E-state index contributed by atoms with van der Waals surface area (Å²) in [6.45, 7) is 0.976. The average molecular weight is 265 g/mol. The normalized spacial score (nSPS) is 16.9. The van der Waals surface area contributed by atoms with Crippen LogP contribution in [0.5, 0.6) is 0 Å². The highest BCUT2D eigenvalue weighted by Crippen LogP contribution is 2.36. The van der Waals surface area contributed by atoms with E-state index in [4.69, 9.17) is 11.6 Å². The predicted octanol–water partition coefficient (Wildman–Crippen LogP) is 1.34. The second-order valence-corrected chi connectivity index (χ2v) is 5.07. The second-order valence-electron chi connectivity index (χ2n) is 4.66. The molecule has 0 aromatic heterocycles. The van der Waals surface area contributed by atoms with E-state index in [0.29, 0.717) is 24.1 Å². The van der Waals surface area contributed by atoms with Crippen LogP contribution >= 0.6 is 11.6 Å². The van der Waals surface area contributed by atoms with E-state index in [1.807, 2.05) is 36.0 Å². The van der Waals surface area contributed by atoms with E-state index in [1.54, 1.807) is 0 Å². The summed E-state index contributed by atoms with van der Waals surface area (Å²) in [4.78, 5) is 19.7. The van der Waals surface area contributed by atoms with Crippen molar-refractivity contribution in [3.8, 4) is 0 Å². The molecule has 1 aromatic rings. The Morgan fingerprint density at radius 2 is 2.17 bits per heavy atom. The van der Waals surface area contributed by atoms with Crippen molar-refractivity contribution in [3.05, 3.63) is 22.7 Å². The summed E-state index contributed by atoms with van der Waals surface area (Å²) in [6, 6.07) is 3.91. The summed E-state index contributed by atoms with van der Waals surface area (Å²) in [5.74, 6) is 0.602. The fourth-order valence-corrected chi connectivity index (χ4v) is 2.42. The van der Waals surface area contributed by atoms with Crippen molar-refractivity contribution >= 4 is 34.8 Å². The Bertz CT molecular complexity index is 567. The maximum absolute atomic E-state index is 11.3. The smallest absolute Gasteiger partial charge is 0.246 e. The van der Waals surface area contributed by atoms with Gasteiger partial charge in [0.1, 0.15) is 6.54 Å². The minimum absolute atomic E-state index is 0.0227. The molecule has 0 atom stereocenters. The van der Waals surface area contributed by atoms with E-state index in [9.17, 15) is 4.79 Å². The predicted molar refractivity (Wildman–Crippen MR) is 71.4 cm³/mol. The SMILES string of the molecule is CN(C)c1cc(Cl)c2c(c1)N=C1NC(=O)CN1C2. The van der Waals surface area contributed by atoms with Gasteiger partial charge in [-0.3, -0.25) is 10.1 Å². The third-order valence-corrected chi connectivity index (χ3v) is 3.47. The molecule has 2 aliphatic rings. The molecular formula is C12H13ClN4O. The molecule has 0 unspecified atom stereocenters. The molecule has 2 aliphatic heterocycles. The number of benzene rings is 1. The first kappa shape index (κ1) is 11.3. The Kier molecular flexibility index (Phi) is 2.45. The zero-order valence-electron chi connectivity index (χ0n) is 10.2. The Hall–Kier alpha value is -1.75. The zero-order chi connectivity index (χ0) is 12.9. The summed E-state index contributed by atoms with van der Waals surface area (Å²) >= 11 is 6.29. The number of hydrogen-bond donors (Lipinski definition) is 1. The first-order valence-corrected chi connectivity index (χ1v) is 6.05. The number of carbonyl (C=O) groups excluding carboxylic acids is 1. The number of nitrogens with zero attached hydrogens (tertiary/aromatic N) is 3. The number of carbonyl (C=O) groups is 1. The van der Waals surface area contributed by atoms with Crippen molar-refractivity contribution in [2.45, 2.75) is 6.54 Å². The molecule has 2 heterocycles. The van der Waals surface area contributed by atoms with E-state index < -0.39 is 0 Å². The van der Waals surface area contributed by atoms with Gasteiger partial charge in [-0.2, -0.15) is 0 Å². The highest BCUT2D eigenvalue weighted by Gasteiger charge is 2.30. The van der Waals surface area contributed by atoms with Crippen LogP contribution in [0.2, 0.25) is 5.02 Å². The summed E-state index contributed by atoms with van der Waals surface area (Å²) < 4.78 is 0. The number of halogens is 1. The van der Waals surface area contributed by atoms with Crippen molar-refractivity contribution < 1.29 is 4.79 Å². The number of fused-ring (bicyclic) bond motifs is 2. The number of amides is 1. The molecule has 1 aromatic carbocycles. The Morgan fingerprint density at radius 1 is 1.39 bits per heavy atom. The molecule has 0 bridgehead atoms. The molecule has 5 nitrogen and oxygen atoms in total. The molecule has 3 rings (SSSR count). The summed E-state index contributed by atoms with van der Waals surface area (Å²) in [5, 5.41) is 3.44. The van der Waals surface area contributed by atoms with Gasteiger partial charge in [0.05, 0.1) is 5.69 Å². The van der Waals surface area contributed by atoms with Crippen molar-refractivity contribution in [3.63, 3.8) is 0 Å². The van der Waals surface area contributed by atoms with Gasteiger partial charge in [0, 0.05) is 36.9 Å². The topological polar surface area (TPSA) is 47.9 Å². The lowest BCUT2D eigenvalue weighted by Crippen LogP contribution is -2.32. The van der Waals surface area contributed by atoms with E-state index in [0.717, 1.165) is 16.9 Å². The first-order valence-electron chi connectivity index (χ1n) is 5.68. The Morgan fingerprint density at radius 3 is 2.89 bits per heavy atom. The van der Waals surface area contributed by atoms with Crippen molar-refractivity contribution in [2.24, 2.45) is 4.99 Å². The third-order valence-electron chi connectivity index (χ3n) is 3.13. The lowest BCUT2D eigenvalue weighted by atomic mass is 10.1. The molecule has 0 radical (unpaired) electrons. The molecule has 1 N–H and O–H groups in total. The van der Waals surface area contributed by atoms with E-state index in [-0.39, 0.29) is 5.91 Å². The molecule has 94 valence electrons. The lowest BCUT2D eigenvalue weighted by molar-refractivity contribution is -0.118. The van der Waals surface area contributed by atoms with E-state index >= 15 is 0 Å². The van der Waals surface area contributed by atoms with Gasteiger partial charge in [0.25, 0.3) is 0 Å². The largest absolute Gasteiger partial charge is 0.378 e. The van der Waals surface area contributed by atoms with E-state index in [1.165, 1.54) is 0 Å². The van der Waals surface area contributed by atoms with Crippen LogP contribution in [0.1, 0.15) is 5.56 Å². The van der Waals surface area contributed by atoms with Gasteiger partial charge in [-0.25, -0.2) is 4.99 Å². The van der Waals surface area contributed by atoms with Crippen LogP contribution in [-0.2, 0) is 11.3 Å². The van der Waals surface area contributed by atoms with Crippen LogP contribution in [0.3, 0.4) is 0 Å². The standard InChI is InChI=1S/C12H13ClN4O/c1-16(2)7-3-9(13)8-5-17-6-11(18)15-12(17)14-10(8)4-7/h3-4H,5-6H2,1-2H3,(H,14,15,18). The van der Waals surface area contributed by atoms with Gasteiger partial charge >= 0.3 is 0 Å². The number of nitrogens with one attached hydrogen (secondary N) is 1. The average Bonchev–Trinajstić information content (AvgIpc) is 2.65. The molecule has 0 saturated carbocycles. The van der Waals surface area contributed by atoms with Gasteiger partial charge < -0.3 is 9.80 Å². The fraction of sp³-hybridized carbons (Fsp3) is 0.333. The molecular weight excluding hydrogens is 252 g/mol. The van der Waals surface area contributed by atoms with Crippen LogP contribution in [0.15, 0.2) is 17.1 Å². The molecule has 0 spiro atoms. The summed E-state index contributed by atoms with van der Waals surface area (Å²) in [5.41, 5.74) is 2.81. The lowest BCUT2D eigenvalue weighted by Gasteiger charge is -2.25. The number of aliphatic imine (C=N–C) groups is 1. The fourth-order valence-electron chi connectivity index (χ4n) is 2.15. The van der Waals surface area contributed by atoms with Crippen LogP contribution in [0.25, 0.3) is 0 Å². The highest BCUT2D eigenvalue weighted by molar-refractivity contribution is 6.32. The van der Waals surface area contributed by atoms with Crippen LogP contribution < -0.4 is 10.2 Å². The van der Waals surface area contributed by atoms with Crippen molar-refractivity contribution in [1.82, 2.24) is 10.2 Å². The second kappa shape index (κ2) is 3.88. The minimum Gasteiger partial charge on any atom is -0.378 e. The molecule has 1 fully saturated rings. The van der Waals surface area contributed by atoms with Crippen LogP contribution in [0.4, 0.5) is 11.4 Å². The maximum atomic E-state index is 11.3. The monoisotopic (exact) mass is 264 g/mol. The summed E-state index contributed by atoms with van der Waals surface area (Å²) in [7, 11) is 3.91.